The van der Waals surface area contributed by atoms with Crippen molar-refractivity contribution in [2.75, 3.05) is 5.75 Å². The van der Waals surface area contributed by atoms with Crippen LogP contribution >= 0.6 is 0 Å². The number of aromatic nitrogens is 2. The van der Waals surface area contributed by atoms with Crippen molar-refractivity contribution >= 4 is 10.0 Å². The van der Waals surface area contributed by atoms with Gasteiger partial charge in [0.1, 0.15) is 0 Å². The molecular weight excluding hydrogens is 214 g/mol. The van der Waals surface area contributed by atoms with Crippen LogP contribution < -0.4 is 4.72 Å². The molecule has 1 unspecified atom stereocenters. The predicted molar refractivity (Wildman–Crippen MR) is 59.0 cm³/mol. The second-order valence-electron chi connectivity index (χ2n) is 3.55. The van der Waals surface area contributed by atoms with Gasteiger partial charge in [-0.25, -0.2) is 13.1 Å². The zero-order valence-electron chi connectivity index (χ0n) is 9.48. The van der Waals surface area contributed by atoms with Gasteiger partial charge in [-0.2, -0.15) is 5.10 Å². The van der Waals surface area contributed by atoms with Crippen molar-refractivity contribution in [2.45, 2.75) is 26.8 Å². The van der Waals surface area contributed by atoms with Crippen LogP contribution in [0.5, 0.6) is 0 Å². The van der Waals surface area contributed by atoms with Gasteiger partial charge in [0.15, 0.2) is 0 Å². The molecule has 5 nitrogen and oxygen atoms in total. The maximum Gasteiger partial charge on any atom is 0.211 e. The van der Waals surface area contributed by atoms with Crippen LogP contribution in [-0.2, 0) is 17.1 Å². The Morgan fingerprint density at radius 1 is 1.60 bits per heavy atom. The molecule has 0 spiro atoms. The van der Waals surface area contributed by atoms with Gasteiger partial charge in [0, 0.05) is 24.3 Å². The first-order valence-corrected chi connectivity index (χ1v) is 6.51. The number of nitrogens with one attached hydrogen (secondary N) is 1. The van der Waals surface area contributed by atoms with E-state index in [-0.39, 0.29) is 11.8 Å². The minimum absolute atomic E-state index is 0.0939. The SMILES string of the molecule is CCS(=O)(=O)NC(C)c1cnn(C)c1C. The highest BCUT2D eigenvalue weighted by molar-refractivity contribution is 7.89. The summed E-state index contributed by atoms with van der Waals surface area (Å²) in [5, 5.41) is 4.07. The highest BCUT2D eigenvalue weighted by atomic mass is 32.2. The fourth-order valence-corrected chi connectivity index (χ4v) is 2.19. The maximum absolute atomic E-state index is 11.4. The summed E-state index contributed by atoms with van der Waals surface area (Å²) < 4.78 is 27.0. The second-order valence-corrected chi connectivity index (χ2v) is 5.59. The molecule has 0 saturated heterocycles. The Hall–Kier alpha value is -0.880. The summed E-state index contributed by atoms with van der Waals surface area (Å²) in [6.45, 7) is 5.35. The van der Waals surface area contributed by atoms with E-state index in [4.69, 9.17) is 0 Å². The van der Waals surface area contributed by atoms with Crippen molar-refractivity contribution < 1.29 is 8.42 Å². The van der Waals surface area contributed by atoms with E-state index in [1.54, 1.807) is 17.8 Å². The molecule has 86 valence electrons. The van der Waals surface area contributed by atoms with E-state index in [2.05, 4.69) is 9.82 Å². The molecule has 0 aliphatic carbocycles. The van der Waals surface area contributed by atoms with Crippen LogP contribution in [0, 0.1) is 6.92 Å². The van der Waals surface area contributed by atoms with Crippen LogP contribution in [0.25, 0.3) is 0 Å². The van der Waals surface area contributed by atoms with Crippen LogP contribution in [0.4, 0.5) is 0 Å². The molecule has 6 heteroatoms. The van der Waals surface area contributed by atoms with Gasteiger partial charge in [-0.3, -0.25) is 4.68 Å². The van der Waals surface area contributed by atoms with Crippen LogP contribution in [0.1, 0.15) is 31.1 Å². The van der Waals surface area contributed by atoms with Gasteiger partial charge in [0.05, 0.1) is 11.9 Å². The van der Waals surface area contributed by atoms with Crippen molar-refractivity contribution in [2.24, 2.45) is 7.05 Å². The van der Waals surface area contributed by atoms with E-state index in [1.165, 1.54) is 0 Å². The third kappa shape index (κ3) is 2.79. The van der Waals surface area contributed by atoms with Crippen LogP contribution in [-0.4, -0.2) is 24.0 Å². The largest absolute Gasteiger partial charge is 0.273 e. The Balaban J connectivity index is 2.87. The van der Waals surface area contributed by atoms with Crippen molar-refractivity contribution in [3.8, 4) is 0 Å². The van der Waals surface area contributed by atoms with E-state index in [1.807, 2.05) is 20.9 Å². The smallest absolute Gasteiger partial charge is 0.211 e. The molecule has 15 heavy (non-hydrogen) atoms. The summed E-state index contributed by atoms with van der Waals surface area (Å²) in [6, 6.07) is -0.233. The lowest BCUT2D eigenvalue weighted by atomic mass is 10.1. The highest BCUT2D eigenvalue weighted by Gasteiger charge is 2.17. The summed E-state index contributed by atoms with van der Waals surface area (Å²) in [5.41, 5.74) is 1.89. The summed E-state index contributed by atoms with van der Waals surface area (Å²) >= 11 is 0. The normalized spacial score (nSPS) is 14.1. The highest BCUT2D eigenvalue weighted by Crippen LogP contribution is 2.16. The number of hydrogen-bond donors (Lipinski definition) is 1. The lowest BCUT2D eigenvalue weighted by Gasteiger charge is -2.12. The van der Waals surface area contributed by atoms with Crippen molar-refractivity contribution in [3.05, 3.63) is 17.5 Å². The first kappa shape index (κ1) is 12.2. The number of rotatable bonds is 4. The predicted octanol–water partition coefficient (Wildman–Crippen LogP) is 0.729. The molecule has 0 amide bonds. The second kappa shape index (κ2) is 4.32. The molecule has 1 aromatic heterocycles. The van der Waals surface area contributed by atoms with Crippen LogP contribution in [0.15, 0.2) is 6.20 Å². The van der Waals surface area contributed by atoms with Gasteiger partial charge >= 0.3 is 0 Å². The van der Waals surface area contributed by atoms with Gasteiger partial charge in [-0.15, -0.1) is 0 Å². The first-order valence-electron chi connectivity index (χ1n) is 4.86. The Kier molecular flexibility index (Phi) is 3.51. The number of hydrogen-bond acceptors (Lipinski definition) is 3. The van der Waals surface area contributed by atoms with Gasteiger partial charge in [-0.1, -0.05) is 0 Å². The maximum atomic E-state index is 11.4. The first-order chi connectivity index (χ1) is 6.87. The molecule has 0 bridgehead atoms. The fraction of sp³-hybridized carbons (Fsp3) is 0.667. The summed E-state index contributed by atoms with van der Waals surface area (Å²) in [5.74, 6) is 0.0939. The lowest BCUT2D eigenvalue weighted by molar-refractivity contribution is 0.567. The average molecular weight is 231 g/mol. The fourth-order valence-electron chi connectivity index (χ4n) is 1.36. The van der Waals surface area contributed by atoms with Gasteiger partial charge < -0.3 is 0 Å². The van der Waals surface area contributed by atoms with Gasteiger partial charge in [0.2, 0.25) is 10.0 Å². The van der Waals surface area contributed by atoms with E-state index >= 15 is 0 Å². The average Bonchev–Trinajstić information content (AvgIpc) is 2.47. The summed E-state index contributed by atoms with van der Waals surface area (Å²) in [7, 11) is -1.33. The minimum Gasteiger partial charge on any atom is -0.273 e. The molecule has 1 heterocycles. The van der Waals surface area contributed by atoms with E-state index in [9.17, 15) is 8.42 Å². The Morgan fingerprint density at radius 2 is 2.20 bits per heavy atom. The third-order valence-electron chi connectivity index (χ3n) is 2.48. The molecule has 0 aliphatic heterocycles. The van der Waals surface area contributed by atoms with Crippen LogP contribution in [0.2, 0.25) is 0 Å². The van der Waals surface area contributed by atoms with E-state index < -0.39 is 10.0 Å². The number of aryl methyl sites for hydroxylation is 1. The molecule has 0 radical (unpaired) electrons. The number of nitrogens with zero attached hydrogens (tertiary/aromatic N) is 2. The summed E-state index contributed by atoms with van der Waals surface area (Å²) in [4.78, 5) is 0. The molecule has 0 fully saturated rings. The van der Waals surface area contributed by atoms with Gasteiger partial charge in [-0.05, 0) is 20.8 Å². The van der Waals surface area contributed by atoms with E-state index in [0.29, 0.717) is 0 Å². The molecule has 1 atom stereocenters. The summed E-state index contributed by atoms with van der Waals surface area (Å²) in [6.07, 6.45) is 1.69. The third-order valence-corrected chi connectivity index (χ3v) is 3.95. The molecule has 1 N–H and O–H groups in total. The van der Waals surface area contributed by atoms with Crippen molar-refractivity contribution in [3.63, 3.8) is 0 Å². The lowest BCUT2D eigenvalue weighted by Crippen LogP contribution is -2.28. The molecule has 0 aliphatic rings. The van der Waals surface area contributed by atoms with Gasteiger partial charge in [0.25, 0.3) is 0 Å². The quantitative estimate of drug-likeness (QED) is 0.830. The Labute approximate surface area is 90.5 Å². The van der Waals surface area contributed by atoms with Crippen molar-refractivity contribution in [1.82, 2.24) is 14.5 Å². The molecular formula is C9H17N3O2S. The molecule has 0 aromatic carbocycles. The topological polar surface area (TPSA) is 64.0 Å². The Bertz CT molecular complexity index is 436. The zero-order valence-corrected chi connectivity index (χ0v) is 10.3. The minimum atomic E-state index is -3.16. The Morgan fingerprint density at radius 3 is 2.60 bits per heavy atom. The molecule has 0 saturated carbocycles. The van der Waals surface area contributed by atoms with Crippen molar-refractivity contribution in [1.29, 1.82) is 0 Å². The molecule has 1 rings (SSSR count). The zero-order chi connectivity index (χ0) is 11.6. The van der Waals surface area contributed by atoms with E-state index in [0.717, 1.165) is 11.3 Å². The monoisotopic (exact) mass is 231 g/mol. The number of sulfonamides is 1. The molecule has 1 aromatic rings. The van der Waals surface area contributed by atoms with Crippen LogP contribution in [0.3, 0.4) is 0 Å². The standard InChI is InChI=1S/C9H17N3O2S/c1-5-15(13,14)11-7(2)9-6-10-12(4)8(9)3/h6-7,11H,5H2,1-4H3.